The molecule has 0 aliphatic rings. The number of hydrogen-bond donors (Lipinski definition) is 0. The highest BCUT2D eigenvalue weighted by atomic mass is 28.2. The van der Waals surface area contributed by atoms with Crippen molar-refractivity contribution in [3.63, 3.8) is 0 Å². The Morgan fingerprint density at radius 2 is 1.07 bits per heavy atom. The van der Waals surface area contributed by atoms with Crippen LogP contribution in [0.2, 0.25) is 6.04 Å². The van der Waals surface area contributed by atoms with Gasteiger partial charge < -0.3 is 4.80 Å². The molecule has 0 fully saturated rings. The van der Waals surface area contributed by atoms with Crippen molar-refractivity contribution >= 4 is 9.76 Å². The lowest BCUT2D eigenvalue weighted by Crippen LogP contribution is -1.85. The average Bonchev–Trinajstić information content (AvgIpc) is 2.26. The van der Waals surface area contributed by atoms with Gasteiger partial charge in [-0.3, -0.25) is 0 Å². The second-order valence-corrected chi connectivity index (χ2v) is 5.71. The van der Waals surface area contributed by atoms with E-state index in [2.05, 4.69) is 6.92 Å². The molecule has 0 aliphatic heterocycles. The Kier molecular flexibility index (Phi) is 14.3. The van der Waals surface area contributed by atoms with Gasteiger partial charge in [-0.2, -0.15) is 0 Å². The summed E-state index contributed by atoms with van der Waals surface area (Å²) in [6, 6.07) is 1.02. The summed E-state index contributed by atoms with van der Waals surface area (Å²) >= 11 is 0. The van der Waals surface area contributed by atoms with E-state index in [1.807, 2.05) is 0 Å². The van der Waals surface area contributed by atoms with Gasteiger partial charge >= 0.3 is 0 Å². The van der Waals surface area contributed by atoms with Gasteiger partial charge in [-0.25, -0.2) is 0 Å². The number of hydrogen-bond acceptors (Lipinski definition) is 0. The van der Waals surface area contributed by atoms with Crippen molar-refractivity contribution in [2.24, 2.45) is 0 Å². The highest BCUT2D eigenvalue weighted by molar-refractivity contribution is 6.24. The summed E-state index contributed by atoms with van der Waals surface area (Å²) in [5, 5.41) is 0. The first-order valence-electron chi connectivity index (χ1n) is 7.00. The van der Waals surface area contributed by atoms with Gasteiger partial charge in [-0.15, -0.1) is 0 Å². The first kappa shape index (κ1) is 15.2. The Labute approximate surface area is 98.6 Å². The van der Waals surface area contributed by atoms with Crippen LogP contribution in [-0.4, -0.2) is 9.76 Å². The minimum atomic E-state index is -0.892. The summed E-state index contributed by atoms with van der Waals surface area (Å²) in [6.07, 6.45) is 15.2. The van der Waals surface area contributed by atoms with Crippen molar-refractivity contribution in [3.8, 4) is 0 Å². The molecule has 0 amide bonds. The van der Waals surface area contributed by atoms with Gasteiger partial charge in [0.15, 0.2) is 0 Å². The molecule has 0 aromatic heterocycles. The fourth-order valence-electron chi connectivity index (χ4n) is 1.94. The molecule has 0 saturated heterocycles. The summed E-state index contributed by atoms with van der Waals surface area (Å²) in [7, 11) is -0.892. The van der Waals surface area contributed by atoms with Crippen LogP contribution in [0.25, 0.3) is 0 Å². The molecule has 15 heavy (non-hydrogen) atoms. The topological polar surface area (TPSA) is 19.9 Å². The molecule has 0 aromatic carbocycles. The van der Waals surface area contributed by atoms with Crippen LogP contribution in [0.3, 0.4) is 0 Å². The fraction of sp³-hybridized carbons (Fsp3) is 1.00. The summed E-state index contributed by atoms with van der Waals surface area (Å²) in [4.78, 5) is 10.3. The zero-order valence-electron chi connectivity index (χ0n) is 10.6. The highest BCUT2D eigenvalue weighted by Gasteiger charge is 1.92. The van der Waals surface area contributed by atoms with Crippen LogP contribution in [0.1, 0.15) is 77.6 Å². The van der Waals surface area contributed by atoms with Crippen LogP contribution in [0, 0.1) is 0 Å². The molecule has 1 radical (unpaired) electrons. The van der Waals surface area contributed by atoms with Crippen molar-refractivity contribution in [1.82, 2.24) is 0 Å². The van der Waals surface area contributed by atoms with Gasteiger partial charge in [-0.1, -0.05) is 77.6 Å². The quantitative estimate of drug-likeness (QED) is 0.352. The fourth-order valence-corrected chi connectivity index (χ4v) is 2.50. The van der Waals surface area contributed by atoms with E-state index in [9.17, 15) is 4.80 Å². The number of rotatable bonds is 12. The molecule has 1 nitrogen and oxygen atoms in total. The predicted octanol–water partition coefficient (Wildman–Crippen LogP) is 4.23. The van der Waals surface area contributed by atoms with Gasteiger partial charge in [0.1, 0.15) is 0 Å². The molecule has 0 N–H and O–H groups in total. The van der Waals surface area contributed by atoms with Crippen molar-refractivity contribution in [2.75, 3.05) is 0 Å². The molecule has 2 heteroatoms. The molecule has 0 atom stereocenters. The third-order valence-corrected chi connectivity index (χ3v) is 3.79. The standard InChI is InChI=1S/C13H29OSi/c1-2-3-4-5-6-7-8-9-10-11-12-13-15-14/h2-13,15H2,1H3. The van der Waals surface area contributed by atoms with Crippen LogP contribution in [0.4, 0.5) is 0 Å². The lowest BCUT2D eigenvalue weighted by Gasteiger charge is -2.01. The molecular weight excluding hydrogens is 200 g/mol. The Balaban J connectivity index is 2.81. The van der Waals surface area contributed by atoms with Gasteiger partial charge in [0, 0.05) is 0 Å². The third kappa shape index (κ3) is 14.2. The maximum atomic E-state index is 10.3. The molecule has 0 heterocycles. The minimum Gasteiger partial charge on any atom is -0.306 e. The monoisotopic (exact) mass is 229 g/mol. The van der Waals surface area contributed by atoms with Crippen LogP contribution in [0.15, 0.2) is 0 Å². The zero-order chi connectivity index (χ0) is 11.2. The molecule has 0 aliphatic carbocycles. The Morgan fingerprint density at radius 3 is 1.47 bits per heavy atom. The third-order valence-electron chi connectivity index (χ3n) is 3.00. The van der Waals surface area contributed by atoms with E-state index in [1.165, 1.54) is 70.6 Å². The second-order valence-electron chi connectivity index (χ2n) is 4.59. The summed E-state index contributed by atoms with van der Waals surface area (Å²) < 4.78 is 0. The van der Waals surface area contributed by atoms with Gasteiger partial charge in [0.05, 0.1) is 0 Å². The van der Waals surface area contributed by atoms with Crippen LogP contribution >= 0.6 is 0 Å². The lowest BCUT2D eigenvalue weighted by molar-refractivity contribution is 0.468. The molecule has 0 aromatic rings. The van der Waals surface area contributed by atoms with E-state index in [4.69, 9.17) is 0 Å². The van der Waals surface area contributed by atoms with Crippen molar-refractivity contribution in [2.45, 2.75) is 83.6 Å². The molecule has 0 spiro atoms. The molecule has 0 rings (SSSR count). The maximum absolute atomic E-state index is 10.3. The average molecular weight is 229 g/mol. The van der Waals surface area contributed by atoms with Crippen LogP contribution in [0.5, 0.6) is 0 Å². The van der Waals surface area contributed by atoms with E-state index in [0.717, 1.165) is 6.04 Å². The predicted molar refractivity (Wildman–Crippen MR) is 70.5 cm³/mol. The van der Waals surface area contributed by atoms with E-state index in [0.29, 0.717) is 0 Å². The molecule has 91 valence electrons. The van der Waals surface area contributed by atoms with Crippen molar-refractivity contribution in [3.05, 3.63) is 0 Å². The maximum Gasteiger partial charge on any atom is 0.207 e. The second kappa shape index (κ2) is 14.2. The van der Waals surface area contributed by atoms with Gasteiger partial charge in [0.2, 0.25) is 9.76 Å². The van der Waals surface area contributed by atoms with E-state index in [-0.39, 0.29) is 0 Å². The molecular formula is C13H29OSi. The Bertz CT molecular complexity index is 94.7. The number of unbranched alkanes of at least 4 members (excludes halogenated alkanes) is 10. The largest absolute Gasteiger partial charge is 0.306 e. The minimum absolute atomic E-state index is 0.892. The summed E-state index contributed by atoms with van der Waals surface area (Å²) in [5.41, 5.74) is 0. The first-order valence-corrected chi connectivity index (χ1v) is 8.57. The van der Waals surface area contributed by atoms with Crippen molar-refractivity contribution in [1.29, 1.82) is 0 Å². The Morgan fingerprint density at radius 1 is 0.667 bits per heavy atom. The molecule has 0 saturated carbocycles. The molecule has 0 unspecified atom stereocenters. The SMILES string of the molecule is CCCCCCCCCCCCC[SiH2][O]. The lowest BCUT2D eigenvalue weighted by atomic mass is 10.1. The molecule has 0 bridgehead atoms. The smallest absolute Gasteiger partial charge is 0.207 e. The van der Waals surface area contributed by atoms with E-state index < -0.39 is 9.76 Å². The van der Waals surface area contributed by atoms with Gasteiger partial charge in [-0.05, 0) is 6.04 Å². The van der Waals surface area contributed by atoms with E-state index in [1.54, 1.807) is 0 Å². The van der Waals surface area contributed by atoms with E-state index >= 15 is 0 Å². The highest BCUT2D eigenvalue weighted by Crippen LogP contribution is 2.11. The normalized spacial score (nSPS) is 11.6. The Hall–Kier alpha value is 0.177. The first-order chi connectivity index (χ1) is 7.41. The van der Waals surface area contributed by atoms with Crippen molar-refractivity contribution < 1.29 is 4.80 Å². The van der Waals surface area contributed by atoms with Crippen LogP contribution < -0.4 is 0 Å². The zero-order valence-corrected chi connectivity index (χ0v) is 12.0. The summed E-state index contributed by atoms with van der Waals surface area (Å²) in [5.74, 6) is 0. The summed E-state index contributed by atoms with van der Waals surface area (Å²) in [6.45, 7) is 2.27. The van der Waals surface area contributed by atoms with Gasteiger partial charge in [0.25, 0.3) is 0 Å². The van der Waals surface area contributed by atoms with Crippen LogP contribution in [-0.2, 0) is 4.80 Å².